The van der Waals surface area contributed by atoms with E-state index in [0.717, 1.165) is 36.5 Å². The fourth-order valence-corrected chi connectivity index (χ4v) is 3.26. The Labute approximate surface area is 126 Å². The minimum atomic E-state index is 0.178. The number of hydrogen-bond acceptors (Lipinski definition) is 3. The molecule has 1 aliphatic rings. The summed E-state index contributed by atoms with van der Waals surface area (Å²) >= 11 is 1.64. The molecule has 0 saturated carbocycles. The average molecular weight is 292 g/mol. The molecule has 1 aromatic rings. The van der Waals surface area contributed by atoms with Crippen molar-refractivity contribution in [2.75, 3.05) is 25.9 Å². The third-order valence-corrected chi connectivity index (χ3v) is 4.43. The molecule has 1 N–H and O–H groups in total. The summed E-state index contributed by atoms with van der Waals surface area (Å²) in [6.07, 6.45) is 3.08. The molecule has 1 saturated heterocycles. The smallest absolute Gasteiger partial charge is 0.255 e. The normalized spacial score (nSPS) is 18.5. The second-order valence-corrected chi connectivity index (χ2v) is 6.55. The van der Waals surface area contributed by atoms with Crippen molar-refractivity contribution in [3.63, 3.8) is 0 Å². The number of nitrogens with zero attached hydrogens (tertiary/aromatic N) is 1. The Morgan fingerprint density at radius 2 is 2.20 bits per heavy atom. The molecule has 0 aromatic heterocycles. The molecule has 0 aliphatic carbocycles. The minimum absolute atomic E-state index is 0.178. The fourth-order valence-electron chi connectivity index (χ4n) is 2.67. The Balaban J connectivity index is 2.25. The highest BCUT2D eigenvalue weighted by Crippen LogP contribution is 2.23. The lowest BCUT2D eigenvalue weighted by atomic mass is 10.1. The maximum Gasteiger partial charge on any atom is 0.255 e. The van der Waals surface area contributed by atoms with E-state index in [9.17, 15) is 4.79 Å². The molecule has 0 bridgehead atoms. The van der Waals surface area contributed by atoms with Gasteiger partial charge in [-0.05, 0) is 37.3 Å². The zero-order valence-corrected chi connectivity index (χ0v) is 13.4. The molecular weight excluding hydrogens is 268 g/mol. The van der Waals surface area contributed by atoms with E-state index in [0.29, 0.717) is 12.0 Å². The molecule has 4 heteroatoms. The van der Waals surface area contributed by atoms with Crippen LogP contribution in [-0.2, 0) is 0 Å². The van der Waals surface area contributed by atoms with Crippen LogP contribution in [0, 0.1) is 5.92 Å². The first kappa shape index (κ1) is 15.4. The van der Waals surface area contributed by atoms with E-state index in [1.54, 1.807) is 11.8 Å². The Morgan fingerprint density at radius 1 is 1.45 bits per heavy atom. The maximum atomic E-state index is 12.9. The van der Waals surface area contributed by atoms with Gasteiger partial charge in [0, 0.05) is 24.0 Å². The molecule has 1 amide bonds. The summed E-state index contributed by atoms with van der Waals surface area (Å²) in [7, 11) is 0. The van der Waals surface area contributed by atoms with Gasteiger partial charge in [0.25, 0.3) is 5.91 Å². The van der Waals surface area contributed by atoms with Gasteiger partial charge in [-0.15, -0.1) is 11.8 Å². The molecule has 3 nitrogen and oxygen atoms in total. The molecule has 0 radical (unpaired) electrons. The van der Waals surface area contributed by atoms with Gasteiger partial charge in [-0.2, -0.15) is 0 Å². The molecule has 2 rings (SSSR count). The Bertz CT molecular complexity index is 456. The summed E-state index contributed by atoms with van der Waals surface area (Å²) in [5.74, 6) is 0.665. The van der Waals surface area contributed by atoms with Gasteiger partial charge in [-0.1, -0.05) is 26.0 Å². The predicted octanol–water partition coefficient (Wildman–Crippen LogP) is 2.87. The zero-order valence-electron chi connectivity index (χ0n) is 12.6. The number of nitrogens with one attached hydrogen (secondary N) is 1. The van der Waals surface area contributed by atoms with Gasteiger partial charge in [0.05, 0.1) is 5.56 Å². The van der Waals surface area contributed by atoms with Crippen LogP contribution in [0.15, 0.2) is 29.2 Å². The monoisotopic (exact) mass is 292 g/mol. The van der Waals surface area contributed by atoms with Crippen LogP contribution < -0.4 is 5.32 Å². The van der Waals surface area contributed by atoms with Gasteiger partial charge < -0.3 is 10.2 Å². The van der Waals surface area contributed by atoms with Gasteiger partial charge in [-0.25, -0.2) is 0 Å². The van der Waals surface area contributed by atoms with Crippen LogP contribution in [0.3, 0.4) is 0 Å². The van der Waals surface area contributed by atoms with Crippen LogP contribution in [-0.4, -0.2) is 42.7 Å². The average Bonchev–Trinajstić information content (AvgIpc) is 2.97. The van der Waals surface area contributed by atoms with Crippen molar-refractivity contribution in [1.82, 2.24) is 10.2 Å². The van der Waals surface area contributed by atoms with Crippen LogP contribution in [0.4, 0.5) is 0 Å². The molecular formula is C16H24N2OS. The van der Waals surface area contributed by atoms with E-state index in [4.69, 9.17) is 0 Å². The minimum Gasteiger partial charge on any atom is -0.334 e. The number of hydrogen-bond donors (Lipinski definition) is 1. The van der Waals surface area contributed by atoms with Crippen LogP contribution in [0.1, 0.15) is 30.6 Å². The lowest BCUT2D eigenvalue weighted by molar-refractivity contribution is 0.0663. The standard InChI is InChI=1S/C16H24N2OS/c1-12(2)11-18(13-8-9-17-10-13)16(19)14-6-4-5-7-15(14)20-3/h4-7,12-13,17H,8-11H2,1-3H3/t13-/m0/s1. The summed E-state index contributed by atoms with van der Waals surface area (Å²) in [4.78, 5) is 16.1. The first-order chi connectivity index (χ1) is 9.63. The van der Waals surface area contributed by atoms with Crippen molar-refractivity contribution in [3.05, 3.63) is 29.8 Å². The number of rotatable bonds is 5. The molecule has 110 valence electrons. The van der Waals surface area contributed by atoms with Crippen molar-refractivity contribution in [2.24, 2.45) is 5.92 Å². The van der Waals surface area contributed by atoms with Crippen LogP contribution in [0.25, 0.3) is 0 Å². The molecule has 20 heavy (non-hydrogen) atoms. The summed E-state index contributed by atoms with van der Waals surface area (Å²) < 4.78 is 0. The van der Waals surface area contributed by atoms with Crippen molar-refractivity contribution < 1.29 is 4.79 Å². The van der Waals surface area contributed by atoms with E-state index >= 15 is 0 Å². The van der Waals surface area contributed by atoms with Crippen molar-refractivity contribution in [2.45, 2.75) is 31.2 Å². The van der Waals surface area contributed by atoms with Crippen molar-refractivity contribution in [1.29, 1.82) is 0 Å². The second-order valence-electron chi connectivity index (χ2n) is 5.70. The molecule has 1 heterocycles. The lowest BCUT2D eigenvalue weighted by Crippen LogP contribution is -2.43. The van der Waals surface area contributed by atoms with E-state index in [-0.39, 0.29) is 5.91 Å². The topological polar surface area (TPSA) is 32.3 Å². The predicted molar refractivity (Wildman–Crippen MR) is 85.4 cm³/mol. The summed E-state index contributed by atoms with van der Waals surface area (Å²) in [6.45, 7) is 7.09. The first-order valence-electron chi connectivity index (χ1n) is 7.28. The van der Waals surface area contributed by atoms with E-state index in [2.05, 4.69) is 24.1 Å². The quantitative estimate of drug-likeness (QED) is 0.847. The van der Waals surface area contributed by atoms with E-state index < -0.39 is 0 Å². The van der Waals surface area contributed by atoms with Crippen molar-refractivity contribution >= 4 is 17.7 Å². The Kier molecular flexibility index (Phi) is 5.49. The summed E-state index contributed by atoms with van der Waals surface area (Å²) in [6, 6.07) is 8.25. The van der Waals surface area contributed by atoms with Gasteiger partial charge in [0.2, 0.25) is 0 Å². The van der Waals surface area contributed by atoms with Crippen LogP contribution in [0.2, 0.25) is 0 Å². The lowest BCUT2D eigenvalue weighted by Gasteiger charge is -2.30. The van der Waals surface area contributed by atoms with Crippen LogP contribution in [0.5, 0.6) is 0 Å². The Hall–Kier alpha value is -1.00. The largest absolute Gasteiger partial charge is 0.334 e. The highest BCUT2D eigenvalue weighted by molar-refractivity contribution is 7.98. The second kappa shape index (κ2) is 7.14. The molecule has 1 aromatic carbocycles. The highest BCUT2D eigenvalue weighted by Gasteiger charge is 2.28. The molecule has 0 unspecified atom stereocenters. The summed E-state index contributed by atoms with van der Waals surface area (Å²) in [5.41, 5.74) is 0.840. The molecule has 1 fully saturated rings. The van der Waals surface area contributed by atoms with E-state index in [1.807, 2.05) is 30.5 Å². The number of amides is 1. The number of benzene rings is 1. The van der Waals surface area contributed by atoms with Gasteiger partial charge in [0.15, 0.2) is 0 Å². The zero-order chi connectivity index (χ0) is 14.5. The van der Waals surface area contributed by atoms with Crippen LogP contribution >= 0.6 is 11.8 Å². The Morgan fingerprint density at radius 3 is 2.80 bits per heavy atom. The molecule has 1 atom stereocenters. The maximum absolute atomic E-state index is 12.9. The molecule has 1 aliphatic heterocycles. The molecule has 0 spiro atoms. The van der Waals surface area contributed by atoms with Gasteiger partial charge >= 0.3 is 0 Å². The number of thioether (sulfide) groups is 1. The van der Waals surface area contributed by atoms with E-state index in [1.165, 1.54) is 0 Å². The SMILES string of the molecule is CSc1ccccc1C(=O)N(CC(C)C)[C@H]1CCNC1. The number of carbonyl (C=O) groups is 1. The van der Waals surface area contributed by atoms with Crippen molar-refractivity contribution in [3.8, 4) is 0 Å². The summed E-state index contributed by atoms with van der Waals surface area (Å²) in [5, 5.41) is 3.36. The number of carbonyl (C=O) groups excluding carboxylic acids is 1. The van der Waals surface area contributed by atoms with Gasteiger partial charge in [-0.3, -0.25) is 4.79 Å². The third-order valence-electron chi connectivity index (χ3n) is 3.64. The third kappa shape index (κ3) is 3.55. The van der Waals surface area contributed by atoms with Gasteiger partial charge in [0.1, 0.15) is 0 Å². The highest BCUT2D eigenvalue weighted by atomic mass is 32.2. The first-order valence-corrected chi connectivity index (χ1v) is 8.50. The fraction of sp³-hybridized carbons (Fsp3) is 0.562.